The average molecular weight is 298 g/mol. The molecule has 0 atom stereocenters. The van der Waals surface area contributed by atoms with Crippen LogP contribution < -0.4 is 10.2 Å². The lowest BCUT2D eigenvalue weighted by molar-refractivity contribution is -0.116. The number of piperidine rings is 1. The Morgan fingerprint density at radius 2 is 1.95 bits per heavy atom. The number of carbonyl (C=O) groups is 1. The Balaban J connectivity index is 1.50. The largest absolute Gasteiger partial charge is 0.372 e. The maximum atomic E-state index is 11.9. The Kier molecular flexibility index (Phi) is 4.73. The number of aromatic amines is 1. The number of amides is 1. The summed E-state index contributed by atoms with van der Waals surface area (Å²) >= 11 is 0. The number of carbonyl (C=O) groups excluding carboxylic acids is 1. The van der Waals surface area contributed by atoms with E-state index in [1.807, 2.05) is 12.1 Å². The fourth-order valence-corrected chi connectivity index (χ4v) is 2.80. The number of anilines is 2. The lowest BCUT2D eigenvalue weighted by atomic mass is 10.1. The summed E-state index contributed by atoms with van der Waals surface area (Å²) in [5.41, 5.74) is 3.08. The van der Waals surface area contributed by atoms with Crippen molar-refractivity contribution in [1.82, 2.24) is 9.97 Å². The molecule has 1 saturated heterocycles. The molecule has 1 amide bonds. The highest BCUT2D eigenvalue weighted by Gasteiger charge is 2.11. The number of hydrogen-bond acceptors (Lipinski definition) is 3. The summed E-state index contributed by atoms with van der Waals surface area (Å²) in [6.07, 6.45) is 8.39. The topological polar surface area (TPSA) is 61.0 Å². The SMILES string of the molecule is O=C(CCc1cnc[nH]1)Nc1ccc(N2CCCCC2)cc1. The number of nitrogens with one attached hydrogen (secondary N) is 2. The van der Waals surface area contributed by atoms with E-state index >= 15 is 0 Å². The van der Waals surface area contributed by atoms with E-state index in [2.05, 4.69) is 32.3 Å². The molecule has 116 valence electrons. The molecule has 0 saturated carbocycles. The van der Waals surface area contributed by atoms with Crippen molar-refractivity contribution in [3.63, 3.8) is 0 Å². The Morgan fingerprint density at radius 3 is 2.64 bits per heavy atom. The number of aromatic nitrogens is 2. The van der Waals surface area contributed by atoms with Crippen molar-refractivity contribution in [2.75, 3.05) is 23.3 Å². The van der Waals surface area contributed by atoms with Gasteiger partial charge in [-0.05, 0) is 49.9 Å². The van der Waals surface area contributed by atoms with Crippen LogP contribution in [0.1, 0.15) is 31.4 Å². The monoisotopic (exact) mass is 298 g/mol. The standard InChI is InChI=1S/C17H22N4O/c22-17(9-6-15-12-18-13-19-15)20-14-4-7-16(8-5-14)21-10-2-1-3-11-21/h4-5,7-8,12-13H,1-3,6,9-11H2,(H,18,19)(H,20,22). The molecule has 0 aliphatic carbocycles. The summed E-state index contributed by atoms with van der Waals surface area (Å²) in [5, 5.41) is 2.94. The number of rotatable bonds is 5. The summed E-state index contributed by atoms with van der Waals surface area (Å²) < 4.78 is 0. The number of nitrogens with zero attached hydrogens (tertiary/aromatic N) is 2. The molecule has 2 aromatic rings. The van der Waals surface area contributed by atoms with Crippen molar-refractivity contribution in [1.29, 1.82) is 0 Å². The van der Waals surface area contributed by atoms with Gasteiger partial charge in [0.2, 0.25) is 5.91 Å². The minimum absolute atomic E-state index is 0.0281. The van der Waals surface area contributed by atoms with Crippen molar-refractivity contribution < 1.29 is 4.79 Å². The van der Waals surface area contributed by atoms with Crippen LogP contribution in [0.4, 0.5) is 11.4 Å². The highest BCUT2D eigenvalue weighted by atomic mass is 16.1. The van der Waals surface area contributed by atoms with Gasteiger partial charge in [-0.3, -0.25) is 4.79 Å². The first kappa shape index (κ1) is 14.6. The first-order chi connectivity index (χ1) is 10.8. The number of aryl methyl sites for hydroxylation is 1. The van der Waals surface area contributed by atoms with Crippen LogP contribution in [0.25, 0.3) is 0 Å². The first-order valence-corrected chi connectivity index (χ1v) is 7.93. The fourth-order valence-electron chi connectivity index (χ4n) is 2.80. The molecule has 1 fully saturated rings. The summed E-state index contributed by atoms with van der Waals surface area (Å²) in [5.74, 6) is 0.0281. The van der Waals surface area contributed by atoms with E-state index in [1.165, 1.54) is 24.9 Å². The Labute approximate surface area is 130 Å². The van der Waals surface area contributed by atoms with Gasteiger partial charge in [0.25, 0.3) is 0 Å². The van der Waals surface area contributed by atoms with Crippen molar-refractivity contribution >= 4 is 17.3 Å². The molecule has 3 rings (SSSR count). The quantitative estimate of drug-likeness (QED) is 0.892. The lowest BCUT2D eigenvalue weighted by Gasteiger charge is -2.28. The molecule has 22 heavy (non-hydrogen) atoms. The Hall–Kier alpha value is -2.30. The van der Waals surface area contributed by atoms with Crippen LogP contribution in [-0.2, 0) is 11.2 Å². The Bertz CT molecular complexity index is 586. The highest BCUT2D eigenvalue weighted by molar-refractivity contribution is 5.91. The van der Waals surface area contributed by atoms with Gasteiger partial charge in [0, 0.05) is 42.8 Å². The maximum absolute atomic E-state index is 11.9. The van der Waals surface area contributed by atoms with Crippen LogP contribution >= 0.6 is 0 Å². The van der Waals surface area contributed by atoms with Crippen molar-refractivity contribution in [3.8, 4) is 0 Å². The van der Waals surface area contributed by atoms with Crippen LogP contribution in [0.5, 0.6) is 0 Å². The summed E-state index contributed by atoms with van der Waals surface area (Å²) in [6, 6.07) is 8.15. The number of imidazole rings is 1. The van der Waals surface area contributed by atoms with Gasteiger partial charge < -0.3 is 15.2 Å². The highest BCUT2D eigenvalue weighted by Crippen LogP contribution is 2.21. The second kappa shape index (κ2) is 7.11. The third kappa shape index (κ3) is 3.87. The molecule has 1 aliphatic rings. The minimum atomic E-state index is 0.0281. The molecule has 0 radical (unpaired) electrons. The van der Waals surface area contributed by atoms with Gasteiger partial charge in [0.1, 0.15) is 0 Å². The lowest BCUT2D eigenvalue weighted by Crippen LogP contribution is -2.29. The van der Waals surface area contributed by atoms with Crippen LogP contribution in [0.2, 0.25) is 0 Å². The predicted molar refractivity (Wildman–Crippen MR) is 88.0 cm³/mol. The van der Waals surface area contributed by atoms with E-state index < -0.39 is 0 Å². The molecule has 0 bridgehead atoms. The van der Waals surface area contributed by atoms with Gasteiger partial charge >= 0.3 is 0 Å². The van der Waals surface area contributed by atoms with Gasteiger partial charge in [-0.15, -0.1) is 0 Å². The molecule has 1 aliphatic heterocycles. The van der Waals surface area contributed by atoms with Crippen LogP contribution in [0, 0.1) is 0 Å². The molecule has 2 heterocycles. The second-order valence-corrected chi connectivity index (χ2v) is 5.72. The van der Waals surface area contributed by atoms with E-state index in [0.717, 1.165) is 24.5 Å². The molecular weight excluding hydrogens is 276 g/mol. The predicted octanol–water partition coefficient (Wildman–Crippen LogP) is 2.97. The molecule has 0 unspecified atom stereocenters. The zero-order valence-corrected chi connectivity index (χ0v) is 12.7. The number of benzene rings is 1. The van der Waals surface area contributed by atoms with E-state index in [9.17, 15) is 4.79 Å². The molecule has 0 spiro atoms. The van der Waals surface area contributed by atoms with E-state index in [1.54, 1.807) is 12.5 Å². The normalized spacial score (nSPS) is 14.8. The van der Waals surface area contributed by atoms with Crippen LogP contribution in [0.3, 0.4) is 0 Å². The summed E-state index contributed by atoms with van der Waals surface area (Å²) in [7, 11) is 0. The van der Waals surface area contributed by atoms with E-state index in [-0.39, 0.29) is 5.91 Å². The smallest absolute Gasteiger partial charge is 0.224 e. The summed E-state index contributed by atoms with van der Waals surface area (Å²) in [4.78, 5) is 21.3. The van der Waals surface area contributed by atoms with Crippen molar-refractivity contribution in [2.45, 2.75) is 32.1 Å². The molecular formula is C17H22N4O. The first-order valence-electron chi connectivity index (χ1n) is 7.93. The molecule has 5 nitrogen and oxygen atoms in total. The van der Waals surface area contributed by atoms with E-state index in [4.69, 9.17) is 0 Å². The average Bonchev–Trinajstić information content (AvgIpc) is 3.08. The molecule has 5 heteroatoms. The zero-order chi connectivity index (χ0) is 15.2. The van der Waals surface area contributed by atoms with E-state index in [0.29, 0.717) is 12.8 Å². The van der Waals surface area contributed by atoms with Crippen LogP contribution in [-0.4, -0.2) is 29.0 Å². The molecule has 1 aromatic heterocycles. The Morgan fingerprint density at radius 1 is 1.18 bits per heavy atom. The zero-order valence-electron chi connectivity index (χ0n) is 12.7. The third-order valence-electron chi connectivity index (χ3n) is 4.05. The maximum Gasteiger partial charge on any atom is 0.224 e. The molecule has 2 N–H and O–H groups in total. The van der Waals surface area contributed by atoms with Gasteiger partial charge in [0.05, 0.1) is 6.33 Å². The number of H-pyrrole nitrogens is 1. The second-order valence-electron chi connectivity index (χ2n) is 5.72. The van der Waals surface area contributed by atoms with Gasteiger partial charge in [-0.1, -0.05) is 0 Å². The summed E-state index contributed by atoms with van der Waals surface area (Å²) in [6.45, 7) is 2.27. The van der Waals surface area contributed by atoms with Gasteiger partial charge in [-0.25, -0.2) is 4.98 Å². The van der Waals surface area contributed by atoms with Gasteiger partial charge in [-0.2, -0.15) is 0 Å². The fraction of sp³-hybridized carbons (Fsp3) is 0.412. The van der Waals surface area contributed by atoms with Crippen LogP contribution in [0.15, 0.2) is 36.8 Å². The number of hydrogen-bond donors (Lipinski definition) is 2. The molecule has 1 aromatic carbocycles. The van der Waals surface area contributed by atoms with Gasteiger partial charge in [0.15, 0.2) is 0 Å². The van der Waals surface area contributed by atoms with Crippen molar-refractivity contribution in [2.24, 2.45) is 0 Å². The third-order valence-corrected chi connectivity index (χ3v) is 4.05. The minimum Gasteiger partial charge on any atom is -0.372 e. The van der Waals surface area contributed by atoms with Crippen molar-refractivity contribution in [3.05, 3.63) is 42.5 Å².